The Bertz CT molecular complexity index is 674. The van der Waals surface area contributed by atoms with E-state index in [0.717, 1.165) is 6.42 Å². The first kappa shape index (κ1) is 22.6. The van der Waals surface area contributed by atoms with Crippen molar-refractivity contribution < 1.29 is 28.5 Å². The Kier molecular flexibility index (Phi) is 7.79. The molecule has 0 spiro atoms. The predicted molar refractivity (Wildman–Crippen MR) is 102 cm³/mol. The first-order chi connectivity index (χ1) is 13.3. The largest absolute Gasteiger partial charge is 0.487 e. The summed E-state index contributed by atoms with van der Waals surface area (Å²) < 4.78 is 35.6. The Morgan fingerprint density at radius 2 is 2.11 bits per heavy atom. The highest BCUT2D eigenvalue weighted by molar-refractivity contribution is 5.74. The average Bonchev–Trinajstić information content (AvgIpc) is 3.10. The lowest BCUT2D eigenvalue weighted by atomic mass is 9.86. The number of hydrogen-bond acceptors (Lipinski definition) is 4. The number of halogens is 2. The summed E-state index contributed by atoms with van der Waals surface area (Å²) in [4.78, 5) is 11.3. The topological polar surface area (TPSA) is 66.8 Å². The number of ether oxygens (including phenoxy) is 1. The van der Waals surface area contributed by atoms with E-state index in [2.05, 4.69) is 11.8 Å². The van der Waals surface area contributed by atoms with E-state index >= 15 is 8.78 Å². The molecule has 1 aliphatic heterocycles. The Balaban J connectivity index is 2.19. The molecule has 0 aromatic heterocycles. The number of carbonyl (C=O) groups is 1. The van der Waals surface area contributed by atoms with Crippen LogP contribution in [0.1, 0.15) is 52.9 Å². The minimum absolute atomic E-state index is 0.0118. The van der Waals surface area contributed by atoms with Crippen LogP contribution in [-0.4, -0.2) is 40.7 Å². The Morgan fingerprint density at radius 3 is 2.71 bits per heavy atom. The molecule has 28 heavy (non-hydrogen) atoms. The summed E-state index contributed by atoms with van der Waals surface area (Å²) in [5.41, 5.74) is -0.0118. The van der Waals surface area contributed by atoms with Crippen LogP contribution in [0.4, 0.5) is 8.78 Å². The lowest BCUT2D eigenvalue weighted by Crippen LogP contribution is -2.33. The summed E-state index contributed by atoms with van der Waals surface area (Å²) in [6.45, 7) is 5.58. The van der Waals surface area contributed by atoms with E-state index < -0.39 is 41.8 Å². The van der Waals surface area contributed by atoms with Crippen molar-refractivity contribution in [3.05, 3.63) is 23.5 Å². The van der Waals surface area contributed by atoms with E-state index in [0.29, 0.717) is 19.1 Å². The predicted octanol–water partition coefficient (Wildman–Crippen LogP) is 3.63. The number of aldehydes is 1. The smallest absolute Gasteiger partial charge is 0.311 e. The molecule has 2 rings (SSSR count). The average molecular weight is 396 g/mol. The number of aliphatic hydroxyl groups excluding tert-OH is 2. The summed E-state index contributed by atoms with van der Waals surface area (Å²) in [7, 11) is 0. The fraction of sp³-hybridized carbons (Fsp3) is 0.682. The molecule has 0 bridgehead atoms. The third-order valence-corrected chi connectivity index (χ3v) is 5.52. The van der Waals surface area contributed by atoms with E-state index in [9.17, 15) is 15.0 Å². The summed E-state index contributed by atoms with van der Waals surface area (Å²) in [5, 5.41) is 20.6. The highest BCUT2D eigenvalue weighted by Gasteiger charge is 2.64. The molecular weight excluding hydrogens is 366 g/mol. The van der Waals surface area contributed by atoms with Crippen molar-refractivity contribution in [1.29, 1.82) is 0 Å². The molecule has 1 heterocycles. The molecule has 1 aliphatic carbocycles. The monoisotopic (exact) mass is 396 g/mol. The van der Waals surface area contributed by atoms with Crippen LogP contribution in [0, 0.1) is 29.6 Å². The van der Waals surface area contributed by atoms with E-state index in [-0.39, 0.29) is 24.3 Å². The van der Waals surface area contributed by atoms with Crippen LogP contribution in [0.15, 0.2) is 23.5 Å². The number of aliphatic hydroxyl groups is 2. The maximum atomic E-state index is 15.1. The van der Waals surface area contributed by atoms with Crippen molar-refractivity contribution >= 4 is 6.29 Å². The lowest BCUT2D eigenvalue weighted by Gasteiger charge is -2.23. The second kappa shape index (κ2) is 9.67. The van der Waals surface area contributed by atoms with Gasteiger partial charge in [-0.2, -0.15) is 8.78 Å². The standard InChI is InChI=1S/C22H30F2O4/c1-4-6-7-9-14(3)17(26)11-10-16-18(27)12-19-20(16)22(23,24)21(28-19)15(13-25)8-5-2/h10-11,13-14,16-20,26-27H,4-5,8-9,12H2,1-3H3/b11-10+,21-15+/t14-,16-,17+,18+,19-,20+/m0/s1. The SMILES string of the molecule is CCC#CC[C@H](C)[C@H](O)/C=C/[C@@H]1[C@@H]2[C@H](C[C@H]1O)O/C(=C(/C=O)CCC)C2(F)F. The van der Waals surface area contributed by atoms with Gasteiger partial charge in [0.15, 0.2) is 5.76 Å². The molecule has 0 aromatic rings. The molecule has 4 nitrogen and oxygen atoms in total. The highest BCUT2D eigenvalue weighted by Crippen LogP contribution is 2.55. The highest BCUT2D eigenvalue weighted by atomic mass is 19.3. The number of carbonyl (C=O) groups excluding carboxylic acids is 1. The second-order valence-corrected chi connectivity index (χ2v) is 7.67. The van der Waals surface area contributed by atoms with Crippen molar-refractivity contribution in [1.82, 2.24) is 0 Å². The van der Waals surface area contributed by atoms with Crippen LogP contribution in [0.25, 0.3) is 0 Å². The van der Waals surface area contributed by atoms with Gasteiger partial charge in [-0.25, -0.2) is 0 Å². The molecule has 0 radical (unpaired) electrons. The van der Waals surface area contributed by atoms with Gasteiger partial charge in [0.2, 0.25) is 0 Å². The molecule has 1 saturated heterocycles. The maximum absolute atomic E-state index is 15.1. The van der Waals surface area contributed by atoms with Crippen LogP contribution < -0.4 is 0 Å². The molecule has 2 aliphatic rings. The number of allylic oxidation sites excluding steroid dienone is 2. The van der Waals surface area contributed by atoms with Gasteiger partial charge >= 0.3 is 5.92 Å². The normalized spacial score (nSPS) is 32.2. The van der Waals surface area contributed by atoms with Crippen molar-refractivity contribution in [2.75, 3.05) is 0 Å². The zero-order valence-corrected chi connectivity index (χ0v) is 16.7. The molecule has 1 saturated carbocycles. The fourth-order valence-electron chi connectivity index (χ4n) is 3.95. The van der Waals surface area contributed by atoms with Crippen LogP contribution >= 0.6 is 0 Å². The van der Waals surface area contributed by atoms with Crippen LogP contribution in [0.2, 0.25) is 0 Å². The van der Waals surface area contributed by atoms with Gasteiger partial charge in [-0.1, -0.05) is 39.3 Å². The molecule has 0 aromatic carbocycles. The van der Waals surface area contributed by atoms with Gasteiger partial charge in [0.25, 0.3) is 0 Å². The van der Waals surface area contributed by atoms with Gasteiger partial charge in [-0.15, -0.1) is 11.8 Å². The van der Waals surface area contributed by atoms with Crippen LogP contribution in [-0.2, 0) is 9.53 Å². The van der Waals surface area contributed by atoms with Gasteiger partial charge in [-0.05, 0) is 12.3 Å². The minimum atomic E-state index is -3.33. The third kappa shape index (κ3) is 4.64. The van der Waals surface area contributed by atoms with E-state index in [1.807, 2.05) is 13.8 Å². The molecule has 0 amide bonds. The Hall–Kier alpha value is -1.71. The Morgan fingerprint density at radius 1 is 1.39 bits per heavy atom. The molecule has 156 valence electrons. The molecule has 2 fully saturated rings. The summed E-state index contributed by atoms with van der Waals surface area (Å²) in [6, 6.07) is 0. The first-order valence-corrected chi connectivity index (χ1v) is 10.0. The third-order valence-electron chi connectivity index (χ3n) is 5.52. The van der Waals surface area contributed by atoms with Gasteiger partial charge in [0, 0.05) is 30.8 Å². The zero-order valence-electron chi connectivity index (χ0n) is 16.7. The molecule has 2 N–H and O–H groups in total. The number of alkyl halides is 2. The summed E-state index contributed by atoms with van der Waals surface area (Å²) in [6.07, 6.45) is 2.83. The molecule has 6 heteroatoms. The zero-order chi connectivity index (χ0) is 20.9. The molecular formula is C22H30F2O4. The maximum Gasteiger partial charge on any atom is 0.311 e. The van der Waals surface area contributed by atoms with Gasteiger partial charge in [0.05, 0.1) is 18.1 Å². The summed E-state index contributed by atoms with van der Waals surface area (Å²) in [5.74, 6) is -0.218. The lowest BCUT2D eigenvalue weighted by molar-refractivity contribution is -0.105. The summed E-state index contributed by atoms with van der Waals surface area (Å²) >= 11 is 0. The van der Waals surface area contributed by atoms with Gasteiger partial charge < -0.3 is 14.9 Å². The van der Waals surface area contributed by atoms with Crippen LogP contribution in [0.3, 0.4) is 0 Å². The minimum Gasteiger partial charge on any atom is -0.487 e. The van der Waals surface area contributed by atoms with Crippen LogP contribution in [0.5, 0.6) is 0 Å². The van der Waals surface area contributed by atoms with Crippen molar-refractivity contribution in [3.8, 4) is 11.8 Å². The van der Waals surface area contributed by atoms with Crippen molar-refractivity contribution in [2.45, 2.75) is 77.1 Å². The molecule has 6 atom stereocenters. The van der Waals surface area contributed by atoms with E-state index in [4.69, 9.17) is 4.74 Å². The van der Waals surface area contributed by atoms with Gasteiger partial charge in [-0.3, -0.25) is 4.79 Å². The van der Waals surface area contributed by atoms with E-state index in [1.54, 1.807) is 6.92 Å². The number of hydrogen-bond donors (Lipinski definition) is 2. The first-order valence-electron chi connectivity index (χ1n) is 10.0. The van der Waals surface area contributed by atoms with Gasteiger partial charge in [0.1, 0.15) is 12.4 Å². The number of rotatable bonds is 7. The quantitative estimate of drug-likeness (QED) is 0.299. The van der Waals surface area contributed by atoms with Crippen molar-refractivity contribution in [2.24, 2.45) is 17.8 Å². The number of fused-ring (bicyclic) bond motifs is 1. The molecule has 0 unspecified atom stereocenters. The fourth-order valence-corrected chi connectivity index (χ4v) is 3.95. The van der Waals surface area contributed by atoms with Crippen molar-refractivity contribution in [3.63, 3.8) is 0 Å². The van der Waals surface area contributed by atoms with E-state index in [1.165, 1.54) is 12.2 Å². The second-order valence-electron chi connectivity index (χ2n) is 7.67. The Labute approximate surface area is 165 Å².